The Labute approximate surface area is 116 Å². The van der Waals surface area contributed by atoms with Gasteiger partial charge < -0.3 is 4.74 Å². The van der Waals surface area contributed by atoms with Crippen LogP contribution in [0.15, 0.2) is 24.3 Å². The Hall–Kier alpha value is -1.29. The summed E-state index contributed by atoms with van der Waals surface area (Å²) < 4.78 is 4.72. The van der Waals surface area contributed by atoms with Crippen molar-refractivity contribution in [3.05, 3.63) is 29.8 Å². The molecule has 2 rings (SSSR count). The lowest BCUT2D eigenvalue weighted by Gasteiger charge is -2.31. The number of hydrogen-bond acceptors (Lipinski definition) is 3. The molecular formula is C15H20BNO2. The first-order valence-corrected chi connectivity index (χ1v) is 6.81. The highest BCUT2D eigenvalue weighted by Gasteiger charge is 2.21. The third-order valence-corrected chi connectivity index (χ3v) is 3.78. The summed E-state index contributed by atoms with van der Waals surface area (Å²) in [7, 11) is 7.14. The Morgan fingerprint density at radius 3 is 2.53 bits per heavy atom. The van der Waals surface area contributed by atoms with E-state index in [1.165, 1.54) is 12.7 Å². The van der Waals surface area contributed by atoms with Crippen molar-refractivity contribution < 1.29 is 9.53 Å². The van der Waals surface area contributed by atoms with Crippen molar-refractivity contribution in [2.24, 2.45) is 5.92 Å². The maximum absolute atomic E-state index is 11.2. The van der Waals surface area contributed by atoms with Gasteiger partial charge in [-0.3, -0.25) is 9.69 Å². The number of benzene rings is 1. The molecule has 0 atom stereocenters. The summed E-state index contributed by atoms with van der Waals surface area (Å²) >= 11 is 0. The molecule has 0 aliphatic carbocycles. The largest absolute Gasteiger partial charge is 0.469 e. The second-order valence-electron chi connectivity index (χ2n) is 5.24. The Morgan fingerprint density at radius 1 is 1.32 bits per heavy atom. The van der Waals surface area contributed by atoms with Crippen LogP contribution in [0.5, 0.6) is 0 Å². The van der Waals surface area contributed by atoms with Gasteiger partial charge in [-0.1, -0.05) is 29.7 Å². The Morgan fingerprint density at radius 2 is 1.95 bits per heavy atom. The van der Waals surface area contributed by atoms with E-state index in [-0.39, 0.29) is 5.97 Å². The minimum Gasteiger partial charge on any atom is -0.469 e. The Bertz CT molecular complexity index is 411. The summed E-state index contributed by atoms with van der Waals surface area (Å²) in [5.74, 6) is 0.395. The molecular weight excluding hydrogens is 237 g/mol. The van der Waals surface area contributed by atoms with Crippen LogP contribution in [-0.4, -0.2) is 38.9 Å². The lowest BCUT2D eigenvalue weighted by Crippen LogP contribution is -2.34. The monoisotopic (exact) mass is 257 g/mol. The van der Waals surface area contributed by atoms with Gasteiger partial charge in [-0.15, -0.1) is 0 Å². The predicted molar refractivity (Wildman–Crippen MR) is 76.5 cm³/mol. The van der Waals surface area contributed by atoms with E-state index in [1.54, 1.807) is 0 Å². The van der Waals surface area contributed by atoms with Crippen LogP contribution < -0.4 is 5.46 Å². The number of carbonyl (C=O) groups excluding carboxylic acids is 1. The van der Waals surface area contributed by atoms with Crippen LogP contribution in [-0.2, 0) is 16.1 Å². The van der Waals surface area contributed by atoms with Crippen molar-refractivity contribution in [1.29, 1.82) is 0 Å². The number of piperidine rings is 1. The normalized spacial score (nSPS) is 17.3. The lowest BCUT2D eigenvalue weighted by molar-refractivity contribution is -0.142. The molecule has 3 nitrogen and oxygen atoms in total. The zero-order valence-corrected chi connectivity index (χ0v) is 11.5. The number of carbonyl (C=O) groups is 1. The molecule has 1 aliphatic rings. The summed E-state index contributed by atoms with van der Waals surface area (Å²) in [6.07, 6.45) is 2.71. The highest BCUT2D eigenvalue weighted by Crippen LogP contribution is 2.22. The van der Waals surface area contributed by atoms with Crippen molar-refractivity contribution in [3.63, 3.8) is 0 Å². The molecule has 2 radical (unpaired) electrons. The molecule has 1 aliphatic heterocycles. The summed E-state index contributed by atoms with van der Waals surface area (Å²) in [6.45, 7) is 3.06. The molecule has 0 spiro atoms. The molecule has 1 saturated heterocycles. The number of ether oxygens (including phenoxy) is 1. The molecule has 4 heteroatoms. The molecule has 0 N–H and O–H groups in total. The standard InChI is InChI=1S/C15H20BNO2/c1-19-15(18)10-12-6-8-17(9-7-12)11-13-2-4-14(16)5-3-13/h2-5,12H,6-11H2,1H3. The van der Waals surface area contributed by atoms with Gasteiger partial charge in [0.25, 0.3) is 0 Å². The second kappa shape index (κ2) is 6.76. The number of nitrogens with zero attached hydrogens (tertiary/aromatic N) is 1. The molecule has 1 fully saturated rings. The molecule has 0 amide bonds. The summed E-state index contributed by atoms with van der Waals surface area (Å²) in [5, 5.41) is 0. The van der Waals surface area contributed by atoms with E-state index in [4.69, 9.17) is 12.6 Å². The number of esters is 1. The highest BCUT2D eigenvalue weighted by atomic mass is 16.5. The highest BCUT2D eigenvalue weighted by molar-refractivity contribution is 6.32. The summed E-state index contributed by atoms with van der Waals surface area (Å²) in [4.78, 5) is 13.7. The Kier molecular flexibility index (Phi) is 5.03. The fourth-order valence-corrected chi connectivity index (χ4v) is 2.55. The van der Waals surface area contributed by atoms with Gasteiger partial charge >= 0.3 is 5.97 Å². The molecule has 19 heavy (non-hydrogen) atoms. The van der Waals surface area contributed by atoms with Crippen molar-refractivity contribution in [2.45, 2.75) is 25.8 Å². The summed E-state index contributed by atoms with van der Waals surface area (Å²) in [5.41, 5.74) is 2.10. The molecule has 0 aromatic heterocycles. The van der Waals surface area contributed by atoms with Crippen molar-refractivity contribution in [1.82, 2.24) is 4.90 Å². The van der Waals surface area contributed by atoms with Gasteiger partial charge in [0.2, 0.25) is 0 Å². The fraction of sp³-hybridized carbons (Fsp3) is 0.533. The smallest absolute Gasteiger partial charge is 0.305 e. The minimum atomic E-state index is -0.0861. The van der Waals surface area contributed by atoms with E-state index in [2.05, 4.69) is 17.0 Å². The van der Waals surface area contributed by atoms with E-state index in [0.29, 0.717) is 12.3 Å². The fourth-order valence-electron chi connectivity index (χ4n) is 2.55. The van der Waals surface area contributed by atoms with Gasteiger partial charge in [-0.05, 0) is 37.4 Å². The average molecular weight is 257 g/mol. The van der Waals surface area contributed by atoms with Crippen LogP contribution >= 0.6 is 0 Å². The first kappa shape index (κ1) is 14.1. The molecule has 0 unspecified atom stereocenters. The average Bonchev–Trinajstić information content (AvgIpc) is 2.43. The molecule has 0 saturated carbocycles. The maximum Gasteiger partial charge on any atom is 0.305 e. The summed E-state index contributed by atoms with van der Waals surface area (Å²) in [6, 6.07) is 8.05. The SMILES string of the molecule is [B]c1ccc(CN2CCC(CC(=O)OC)CC2)cc1. The molecule has 1 aromatic rings. The zero-order valence-electron chi connectivity index (χ0n) is 11.5. The van der Waals surface area contributed by atoms with E-state index in [0.717, 1.165) is 37.9 Å². The van der Waals surface area contributed by atoms with Crippen molar-refractivity contribution >= 4 is 19.3 Å². The van der Waals surface area contributed by atoms with Crippen LogP contribution in [0.4, 0.5) is 0 Å². The third kappa shape index (κ3) is 4.39. The van der Waals surface area contributed by atoms with Crippen LogP contribution in [0.25, 0.3) is 0 Å². The van der Waals surface area contributed by atoms with E-state index >= 15 is 0 Å². The van der Waals surface area contributed by atoms with Gasteiger partial charge in [-0.2, -0.15) is 0 Å². The number of hydrogen-bond donors (Lipinski definition) is 0. The maximum atomic E-state index is 11.2. The zero-order chi connectivity index (χ0) is 13.7. The van der Waals surface area contributed by atoms with Crippen LogP contribution in [0.2, 0.25) is 0 Å². The van der Waals surface area contributed by atoms with Crippen LogP contribution in [0.3, 0.4) is 0 Å². The number of likely N-dealkylation sites (tertiary alicyclic amines) is 1. The topological polar surface area (TPSA) is 29.5 Å². The van der Waals surface area contributed by atoms with E-state index < -0.39 is 0 Å². The quantitative estimate of drug-likeness (QED) is 0.600. The minimum absolute atomic E-state index is 0.0861. The van der Waals surface area contributed by atoms with Gasteiger partial charge in [0.1, 0.15) is 7.85 Å². The van der Waals surface area contributed by atoms with Gasteiger partial charge in [0.15, 0.2) is 0 Å². The van der Waals surface area contributed by atoms with Crippen molar-refractivity contribution in [2.75, 3.05) is 20.2 Å². The van der Waals surface area contributed by atoms with E-state index in [9.17, 15) is 4.79 Å². The lowest BCUT2D eigenvalue weighted by atomic mass is 9.92. The number of methoxy groups -OCH3 is 1. The predicted octanol–water partition coefficient (Wildman–Crippen LogP) is 1.26. The Balaban J connectivity index is 1.77. The van der Waals surface area contributed by atoms with Gasteiger partial charge in [-0.25, -0.2) is 0 Å². The molecule has 1 heterocycles. The first-order chi connectivity index (χ1) is 9.17. The second-order valence-corrected chi connectivity index (χ2v) is 5.24. The van der Waals surface area contributed by atoms with Gasteiger partial charge in [0.05, 0.1) is 7.11 Å². The van der Waals surface area contributed by atoms with Gasteiger partial charge in [0, 0.05) is 13.0 Å². The van der Waals surface area contributed by atoms with Crippen LogP contribution in [0.1, 0.15) is 24.8 Å². The van der Waals surface area contributed by atoms with Crippen LogP contribution in [0, 0.1) is 5.92 Å². The molecule has 0 bridgehead atoms. The van der Waals surface area contributed by atoms with E-state index in [1.807, 2.05) is 12.1 Å². The molecule has 100 valence electrons. The van der Waals surface area contributed by atoms with Crippen molar-refractivity contribution in [3.8, 4) is 0 Å². The number of rotatable bonds is 4. The first-order valence-electron chi connectivity index (χ1n) is 6.81. The third-order valence-electron chi connectivity index (χ3n) is 3.78. The molecule has 1 aromatic carbocycles.